The van der Waals surface area contributed by atoms with E-state index in [9.17, 15) is 13.2 Å². The van der Waals surface area contributed by atoms with E-state index in [0.717, 1.165) is 11.1 Å². The number of hydrogen-bond donors (Lipinski definition) is 1. The van der Waals surface area contributed by atoms with Crippen molar-refractivity contribution in [1.82, 2.24) is 14.5 Å². The molecule has 1 aliphatic rings. The fourth-order valence-corrected chi connectivity index (χ4v) is 5.80. The van der Waals surface area contributed by atoms with Crippen LogP contribution in [-0.2, 0) is 14.8 Å². The quantitative estimate of drug-likeness (QED) is 0.673. The van der Waals surface area contributed by atoms with Crippen molar-refractivity contribution in [2.45, 2.75) is 30.7 Å². The summed E-state index contributed by atoms with van der Waals surface area (Å²) in [6.07, 6.45) is 1.11. The molecule has 0 radical (unpaired) electrons. The van der Waals surface area contributed by atoms with E-state index in [1.54, 1.807) is 30.3 Å². The molecule has 1 atom stereocenters. The number of sulfonamides is 1. The average molecular weight is 429 g/mol. The van der Waals surface area contributed by atoms with Crippen LogP contribution in [0.3, 0.4) is 0 Å². The van der Waals surface area contributed by atoms with Crippen molar-refractivity contribution in [3.05, 3.63) is 60.2 Å². The molecule has 1 fully saturated rings. The SMILES string of the molecule is Cc1cccc(-c2nnc(NC(=O)C3CCCN3S(=O)(=O)c3ccccc3)s2)c1. The summed E-state index contributed by atoms with van der Waals surface area (Å²) in [5.41, 5.74) is 2.04. The van der Waals surface area contributed by atoms with Gasteiger partial charge in [-0.3, -0.25) is 10.1 Å². The lowest BCUT2D eigenvalue weighted by Crippen LogP contribution is -2.43. The number of nitrogens with one attached hydrogen (secondary N) is 1. The summed E-state index contributed by atoms with van der Waals surface area (Å²) in [5, 5.41) is 12.0. The van der Waals surface area contributed by atoms with Gasteiger partial charge >= 0.3 is 0 Å². The highest BCUT2D eigenvalue weighted by molar-refractivity contribution is 7.89. The third-order valence-corrected chi connectivity index (χ3v) is 7.59. The second-order valence-electron chi connectivity index (χ2n) is 6.86. The molecule has 4 rings (SSSR count). The van der Waals surface area contributed by atoms with E-state index in [1.165, 1.54) is 15.6 Å². The van der Waals surface area contributed by atoms with Crippen LogP contribution < -0.4 is 5.32 Å². The van der Waals surface area contributed by atoms with E-state index in [4.69, 9.17) is 0 Å². The van der Waals surface area contributed by atoms with Crippen LogP contribution in [0.25, 0.3) is 10.6 Å². The zero-order valence-electron chi connectivity index (χ0n) is 15.8. The summed E-state index contributed by atoms with van der Waals surface area (Å²) in [7, 11) is -3.73. The van der Waals surface area contributed by atoms with E-state index in [2.05, 4.69) is 15.5 Å². The summed E-state index contributed by atoms with van der Waals surface area (Å²) in [6, 6.07) is 15.3. The molecule has 2 heterocycles. The van der Waals surface area contributed by atoms with Crippen LogP contribution in [0.2, 0.25) is 0 Å². The van der Waals surface area contributed by atoms with Gasteiger partial charge in [0.15, 0.2) is 0 Å². The van der Waals surface area contributed by atoms with Crippen molar-refractivity contribution in [3.63, 3.8) is 0 Å². The molecule has 3 aromatic rings. The van der Waals surface area contributed by atoms with Gasteiger partial charge in [0.25, 0.3) is 0 Å². The number of anilines is 1. The first kappa shape index (κ1) is 19.7. The lowest BCUT2D eigenvalue weighted by atomic mass is 10.1. The number of nitrogens with zero attached hydrogens (tertiary/aromatic N) is 3. The normalized spacial score (nSPS) is 17.3. The molecule has 0 saturated carbocycles. The molecule has 7 nitrogen and oxygen atoms in total. The first-order chi connectivity index (χ1) is 13.9. The lowest BCUT2D eigenvalue weighted by molar-refractivity contribution is -0.119. The van der Waals surface area contributed by atoms with Crippen molar-refractivity contribution >= 4 is 32.4 Å². The molecule has 150 valence electrons. The predicted molar refractivity (Wildman–Crippen MR) is 112 cm³/mol. The standard InChI is InChI=1S/C20H20N4O3S2/c1-14-7-5-8-15(13-14)19-22-23-20(28-19)21-18(25)17-11-6-12-24(17)29(26,27)16-9-3-2-4-10-16/h2-5,7-10,13,17H,6,11-12H2,1H3,(H,21,23,25). The second kappa shape index (κ2) is 8.02. The van der Waals surface area contributed by atoms with Crippen LogP contribution in [0, 0.1) is 6.92 Å². The Labute approximate surface area is 173 Å². The van der Waals surface area contributed by atoms with Crippen LogP contribution >= 0.6 is 11.3 Å². The average Bonchev–Trinajstić information content (AvgIpc) is 3.39. The number of aryl methyl sites for hydroxylation is 1. The van der Waals surface area contributed by atoms with Crippen LogP contribution in [0.15, 0.2) is 59.5 Å². The highest BCUT2D eigenvalue weighted by Gasteiger charge is 2.39. The van der Waals surface area contributed by atoms with E-state index >= 15 is 0 Å². The number of benzene rings is 2. The zero-order chi connectivity index (χ0) is 20.4. The van der Waals surface area contributed by atoms with Gasteiger partial charge in [-0.1, -0.05) is 53.3 Å². The minimum Gasteiger partial charge on any atom is -0.299 e. The Bertz CT molecular complexity index is 1130. The Morgan fingerprint density at radius 1 is 1.14 bits per heavy atom. The lowest BCUT2D eigenvalue weighted by Gasteiger charge is -2.22. The fraction of sp³-hybridized carbons (Fsp3) is 0.250. The van der Waals surface area contributed by atoms with Gasteiger partial charge in [0.1, 0.15) is 11.0 Å². The molecular weight excluding hydrogens is 408 g/mol. The molecule has 0 bridgehead atoms. The van der Waals surface area contributed by atoms with Gasteiger partial charge in [-0.25, -0.2) is 8.42 Å². The topological polar surface area (TPSA) is 92.3 Å². The van der Waals surface area contributed by atoms with E-state index in [0.29, 0.717) is 29.5 Å². The van der Waals surface area contributed by atoms with Gasteiger partial charge < -0.3 is 0 Å². The molecule has 0 spiro atoms. The molecule has 1 unspecified atom stereocenters. The van der Waals surface area contributed by atoms with Crippen LogP contribution in [-0.4, -0.2) is 41.4 Å². The summed E-state index contributed by atoms with van der Waals surface area (Å²) in [5.74, 6) is -0.381. The van der Waals surface area contributed by atoms with E-state index < -0.39 is 16.1 Å². The maximum absolute atomic E-state index is 12.9. The number of amides is 1. The summed E-state index contributed by atoms with van der Waals surface area (Å²) >= 11 is 1.26. The van der Waals surface area contributed by atoms with Gasteiger partial charge in [0.05, 0.1) is 4.90 Å². The van der Waals surface area contributed by atoms with Crippen LogP contribution in [0.5, 0.6) is 0 Å². The molecule has 9 heteroatoms. The third-order valence-electron chi connectivity index (χ3n) is 4.78. The maximum atomic E-state index is 12.9. The van der Waals surface area contributed by atoms with Gasteiger partial charge in [0, 0.05) is 12.1 Å². The zero-order valence-corrected chi connectivity index (χ0v) is 17.4. The molecule has 1 saturated heterocycles. The Balaban J connectivity index is 1.51. The molecule has 1 aliphatic heterocycles. The van der Waals surface area contributed by atoms with Crippen molar-refractivity contribution in [2.24, 2.45) is 0 Å². The molecule has 1 N–H and O–H groups in total. The van der Waals surface area contributed by atoms with Gasteiger partial charge in [-0.05, 0) is 38.0 Å². The minimum atomic E-state index is -3.73. The first-order valence-electron chi connectivity index (χ1n) is 9.23. The smallest absolute Gasteiger partial charge is 0.244 e. The van der Waals surface area contributed by atoms with Gasteiger partial charge in [-0.2, -0.15) is 4.31 Å². The van der Waals surface area contributed by atoms with Crippen LogP contribution in [0.4, 0.5) is 5.13 Å². The van der Waals surface area contributed by atoms with Crippen molar-refractivity contribution in [3.8, 4) is 10.6 Å². The van der Waals surface area contributed by atoms with Crippen molar-refractivity contribution < 1.29 is 13.2 Å². The maximum Gasteiger partial charge on any atom is 0.244 e. The van der Waals surface area contributed by atoms with E-state index in [-0.39, 0.29) is 10.8 Å². The number of aromatic nitrogens is 2. The number of carbonyl (C=O) groups is 1. The molecule has 2 aromatic carbocycles. The predicted octanol–water partition coefficient (Wildman–Crippen LogP) is 3.31. The van der Waals surface area contributed by atoms with Gasteiger partial charge in [-0.15, -0.1) is 10.2 Å². The number of rotatable bonds is 5. The third kappa shape index (κ3) is 4.07. The summed E-state index contributed by atoms with van der Waals surface area (Å²) < 4.78 is 27.2. The Hall–Kier alpha value is -2.62. The highest BCUT2D eigenvalue weighted by Crippen LogP contribution is 2.29. The van der Waals surface area contributed by atoms with Crippen molar-refractivity contribution in [2.75, 3.05) is 11.9 Å². The fourth-order valence-electron chi connectivity index (χ4n) is 3.37. The molecule has 1 aromatic heterocycles. The number of carbonyl (C=O) groups excluding carboxylic acids is 1. The second-order valence-corrected chi connectivity index (χ2v) is 9.73. The summed E-state index contributed by atoms with van der Waals surface area (Å²) in [4.78, 5) is 13.0. The molecule has 0 aliphatic carbocycles. The Kier molecular flexibility index (Phi) is 5.44. The number of hydrogen-bond acceptors (Lipinski definition) is 6. The van der Waals surface area contributed by atoms with Crippen molar-refractivity contribution in [1.29, 1.82) is 0 Å². The Morgan fingerprint density at radius 3 is 2.69 bits per heavy atom. The van der Waals surface area contributed by atoms with Crippen LogP contribution in [0.1, 0.15) is 18.4 Å². The largest absolute Gasteiger partial charge is 0.299 e. The van der Waals surface area contributed by atoms with E-state index in [1.807, 2.05) is 31.2 Å². The molecular formula is C20H20N4O3S2. The minimum absolute atomic E-state index is 0.192. The molecule has 1 amide bonds. The highest BCUT2D eigenvalue weighted by atomic mass is 32.2. The summed E-state index contributed by atoms with van der Waals surface area (Å²) in [6.45, 7) is 2.31. The monoisotopic (exact) mass is 428 g/mol. The van der Waals surface area contributed by atoms with Gasteiger partial charge in [0.2, 0.25) is 21.1 Å². The Morgan fingerprint density at radius 2 is 1.93 bits per heavy atom. The molecule has 29 heavy (non-hydrogen) atoms. The first-order valence-corrected chi connectivity index (χ1v) is 11.5.